The maximum Gasteiger partial charge on any atom is 0.140 e. The van der Waals surface area contributed by atoms with Crippen molar-refractivity contribution in [2.75, 3.05) is 5.32 Å². The molecule has 0 bridgehead atoms. The van der Waals surface area contributed by atoms with Crippen LogP contribution in [0.2, 0.25) is 0 Å². The first-order chi connectivity index (χ1) is 7.59. The Hall–Kier alpha value is -0.570. The van der Waals surface area contributed by atoms with Crippen molar-refractivity contribution in [2.45, 2.75) is 53.5 Å². The lowest BCUT2D eigenvalue weighted by atomic mass is 9.82. The Morgan fingerprint density at radius 2 is 1.82 bits per heavy atom. The summed E-state index contributed by atoms with van der Waals surface area (Å²) in [6.07, 6.45) is 2.97. The molecule has 0 radical (unpaired) electrons. The second kappa shape index (κ2) is 4.97. The van der Waals surface area contributed by atoms with E-state index in [1.807, 2.05) is 13.1 Å². The van der Waals surface area contributed by atoms with Crippen LogP contribution < -0.4 is 5.32 Å². The van der Waals surface area contributed by atoms with Crippen LogP contribution in [0.15, 0.2) is 16.7 Å². The highest BCUT2D eigenvalue weighted by Crippen LogP contribution is 2.31. The number of nitrogens with one attached hydrogen (secondary N) is 1. The molecule has 2 nitrogen and oxygen atoms in total. The molecule has 0 aliphatic rings. The summed E-state index contributed by atoms with van der Waals surface area (Å²) in [4.78, 5) is 4.44. The Labute approximate surface area is 113 Å². The fraction of sp³-hybridized carbons (Fsp3) is 0.643. The first-order valence-corrected chi connectivity index (χ1v) is 6.79. The topological polar surface area (TPSA) is 24.9 Å². The number of nitrogens with zero attached hydrogens (tertiary/aromatic N) is 1. The lowest BCUT2D eigenvalue weighted by Gasteiger charge is -2.34. The van der Waals surface area contributed by atoms with Gasteiger partial charge in [0.2, 0.25) is 0 Å². The summed E-state index contributed by atoms with van der Waals surface area (Å²) in [5.74, 6) is 0.921. The van der Waals surface area contributed by atoms with Gasteiger partial charge in [-0.1, -0.05) is 20.8 Å². The first kappa shape index (κ1) is 14.5. The molecule has 1 heterocycles. The molecular formula is C14H23BrN2. The van der Waals surface area contributed by atoms with E-state index in [4.69, 9.17) is 0 Å². The molecule has 1 rings (SSSR count). The summed E-state index contributed by atoms with van der Waals surface area (Å²) in [6.45, 7) is 13.2. The zero-order valence-corrected chi connectivity index (χ0v) is 13.3. The van der Waals surface area contributed by atoms with Gasteiger partial charge in [0.1, 0.15) is 5.82 Å². The van der Waals surface area contributed by atoms with Gasteiger partial charge in [-0.05, 0) is 60.2 Å². The first-order valence-electron chi connectivity index (χ1n) is 5.99. The predicted octanol–water partition coefficient (Wildman–Crippen LogP) is 4.78. The Bertz CT molecular complexity index is 392. The zero-order valence-electron chi connectivity index (χ0n) is 11.7. The quantitative estimate of drug-likeness (QED) is 0.869. The number of rotatable bonds is 3. The van der Waals surface area contributed by atoms with Gasteiger partial charge in [-0.2, -0.15) is 0 Å². The predicted molar refractivity (Wildman–Crippen MR) is 78.4 cm³/mol. The van der Waals surface area contributed by atoms with Crippen LogP contribution in [0.1, 0.15) is 46.6 Å². The molecule has 0 aliphatic heterocycles. The minimum absolute atomic E-state index is 0.0308. The minimum atomic E-state index is 0.0308. The molecule has 0 amide bonds. The average molecular weight is 299 g/mol. The third-order valence-electron chi connectivity index (χ3n) is 2.41. The molecule has 0 aromatic carbocycles. The molecule has 3 heteroatoms. The Morgan fingerprint density at radius 3 is 2.29 bits per heavy atom. The van der Waals surface area contributed by atoms with Gasteiger partial charge >= 0.3 is 0 Å². The van der Waals surface area contributed by atoms with E-state index >= 15 is 0 Å². The molecule has 0 saturated heterocycles. The minimum Gasteiger partial charge on any atom is -0.364 e. The molecule has 0 unspecified atom stereocenters. The van der Waals surface area contributed by atoms with E-state index in [2.05, 4.69) is 66.9 Å². The van der Waals surface area contributed by atoms with E-state index < -0.39 is 0 Å². The van der Waals surface area contributed by atoms with Crippen LogP contribution in [0.5, 0.6) is 0 Å². The number of pyridine rings is 1. The number of anilines is 1. The molecule has 1 N–H and O–H groups in total. The summed E-state index contributed by atoms with van der Waals surface area (Å²) >= 11 is 3.55. The number of halogens is 1. The van der Waals surface area contributed by atoms with Crippen molar-refractivity contribution in [3.8, 4) is 0 Å². The molecule has 0 spiro atoms. The molecule has 1 aromatic heterocycles. The smallest absolute Gasteiger partial charge is 0.140 e. The molecular weight excluding hydrogens is 276 g/mol. The van der Waals surface area contributed by atoms with Crippen LogP contribution in [0, 0.1) is 12.3 Å². The van der Waals surface area contributed by atoms with Crippen LogP contribution >= 0.6 is 15.9 Å². The lowest BCUT2D eigenvalue weighted by molar-refractivity contribution is 0.302. The molecule has 96 valence electrons. The normalized spacial score (nSPS) is 12.6. The molecule has 17 heavy (non-hydrogen) atoms. The van der Waals surface area contributed by atoms with Gasteiger partial charge in [-0.15, -0.1) is 0 Å². The molecule has 0 fully saturated rings. The van der Waals surface area contributed by atoms with Crippen molar-refractivity contribution in [3.63, 3.8) is 0 Å². The summed E-state index contributed by atoms with van der Waals surface area (Å²) < 4.78 is 1.03. The van der Waals surface area contributed by atoms with Crippen LogP contribution in [-0.4, -0.2) is 10.5 Å². The number of aromatic nitrogens is 1. The highest BCUT2D eigenvalue weighted by Gasteiger charge is 2.26. The second-order valence-corrected chi connectivity index (χ2v) is 7.44. The standard InChI is InChI=1S/C14H23BrN2/c1-10-7-11(15)12(16-8-10)17-14(5,6)9-13(2,3)4/h7-8H,9H2,1-6H3,(H,16,17). The highest BCUT2D eigenvalue weighted by atomic mass is 79.9. The zero-order chi connectivity index (χ0) is 13.3. The summed E-state index contributed by atoms with van der Waals surface area (Å²) in [5, 5.41) is 3.51. The fourth-order valence-electron chi connectivity index (χ4n) is 2.32. The second-order valence-electron chi connectivity index (χ2n) is 6.59. The number of hydrogen-bond donors (Lipinski definition) is 1. The van der Waals surface area contributed by atoms with E-state index in [-0.39, 0.29) is 5.54 Å². The number of aryl methyl sites for hydroxylation is 1. The third kappa shape index (κ3) is 5.07. The summed E-state index contributed by atoms with van der Waals surface area (Å²) in [6, 6.07) is 2.09. The fourth-order valence-corrected chi connectivity index (χ4v) is 2.88. The Morgan fingerprint density at radius 1 is 1.24 bits per heavy atom. The molecule has 1 aromatic rings. The van der Waals surface area contributed by atoms with E-state index in [9.17, 15) is 0 Å². The van der Waals surface area contributed by atoms with Crippen LogP contribution in [0.3, 0.4) is 0 Å². The average Bonchev–Trinajstić information content (AvgIpc) is 2.05. The van der Waals surface area contributed by atoms with Crippen molar-refractivity contribution < 1.29 is 0 Å². The van der Waals surface area contributed by atoms with Gasteiger partial charge in [0.15, 0.2) is 0 Å². The van der Waals surface area contributed by atoms with Gasteiger partial charge in [-0.3, -0.25) is 0 Å². The van der Waals surface area contributed by atoms with E-state index in [0.29, 0.717) is 5.41 Å². The molecule has 0 aliphatic carbocycles. The summed E-state index contributed by atoms with van der Waals surface area (Å²) in [7, 11) is 0. The largest absolute Gasteiger partial charge is 0.364 e. The van der Waals surface area contributed by atoms with E-state index in [1.165, 1.54) is 0 Å². The van der Waals surface area contributed by atoms with Crippen molar-refractivity contribution in [1.82, 2.24) is 4.98 Å². The van der Waals surface area contributed by atoms with Crippen molar-refractivity contribution in [1.29, 1.82) is 0 Å². The Balaban J connectivity index is 2.83. The monoisotopic (exact) mass is 298 g/mol. The van der Waals surface area contributed by atoms with E-state index in [0.717, 1.165) is 22.3 Å². The van der Waals surface area contributed by atoms with Crippen LogP contribution in [0.25, 0.3) is 0 Å². The van der Waals surface area contributed by atoms with Gasteiger partial charge < -0.3 is 5.32 Å². The summed E-state index contributed by atoms with van der Waals surface area (Å²) in [5.41, 5.74) is 1.49. The highest BCUT2D eigenvalue weighted by molar-refractivity contribution is 9.10. The van der Waals surface area contributed by atoms with Crippen molar-refractivity contribution in [3.05, 3.63) is 22.3 Å². The molecule has 0 saturated carbocycles. The lowest BCUT2D eigenvalue weighted by Crippen LogP contribution is -2.35. The maximum atomic E-state index is 4.44. The molecule has 0 atom stereocenters. The van der Waals surface area contributed by atoms with E-state index in [1.54, 1.807) is 0 Å². The van der Waals surface area contributed by atoms with Crippen molar-refractivity contribution in [2.24, 2.45) is 5.41 Å². The van der Waals surface area contributed by atoms with Gasteiger partial charge in [-0.25, -0.2) is 4.98 Å². The SMILES string of the molecule is Cc1cnc(NC(C)(C)CC(C)(C)C)c(Br)c1. The van der Waals surface area contributed by atoms with Crippen LogP contribution in [0.4, 0.5) is 5.82 Å². The van der Waals surface area contributed by atoms with Crippen molar-refractivity contribution >= 4 is 21.7 Å². The van der Waals surface area contributed by atoms with Gasteiger partial charge in [0.05, 0.1) is 4.47 Å². The number of hydrogen-bond acceptors (Lipinski definition) is 2. The van der Waals surface area contributed by atoms with Crippen LogP contribution in [-0.2, 0) is 0 Å². The third-order valence-corrected chi connectivity index (χ3v) is 3.01. The van der Waals surface area contributed by atoms with Gasteiger partial charge in [0, 0.05) is 11.7 Å². The Kier molecular flexibility index (Phi) is 4.23. The van der Waals surface area contributed by atoms with Gasteiger partial charge in [0.25, 0.3) is 0 Å². The maximum absolute atomic E-state index is 4.44.